The molecule has 0 aliphatic rings. The Labute approximate surface area is 117 Å². The van der Waals surface area contributed by atoms with Gasteiger partial charge in [-0.15, -0.1) is 0 Å². The van der Waals surface area contributed by atoms with Crippen LogP contribution in [0.25, 0.3) is 0 Å². The molecule has 0 spiro atoms. The molecule has 1 aromatic heterocycles. The first-order chi connectivity index (χ1) is 9.79. The van der Waals surface area contributed by atoms with E-state index in [0.717, 1.165) is 5.56 Å². The molecule has 2 rings (SSSR count). The average Bonchev–Trinajstić information content (AvgIpc) is 2.48. The second-order valence-electron chi connectivity index (χ2n) is 4.07. The number of aromatic nitrogens is 1. The lowest BCUT2D eigenvalue weighted by Crippen LogP contribution is -1.96. The Morgan fingerprint density at radius 1 is 1.30 bits per heavy atom. The van der Waals surface area contributed by atoms with Gasteiger partial charge in [-0.25, -0.2) is 4.39 Å². The summed E-state index contributed by atoms with van der Waals surface area (Å²) in [5, 5.41) is 8.61. The van der Waals surface area contributed by atoms with Crippen LogP contribution in [0.1, 0.15) is 17.5 Å². The van der Waals surface area contributed by atoms with Crippen LogP contribution in [0.3, 0.4) is 0 Å². The van der Waals surface area contributed by atoms with Crippen molar-refractivity contribution in [1.82, 2.24) is 4.98 Å². The Morgan fingerprint density at radius 3 is 2.90 bits per heavy atom. The normalized spacial score (nSPS) is 9.70. The molecule has 20 heavy (non-hydrogen) atoms. The van der Waals surface area contributed by atoms with Crippen molar-refractivity contribution in [3.05, 3.63) is 59.7 Å². The van der Waals surface area contributed by atoms with Crippen molar-refractivity contribution in [2.24, 2.45) is 0 Å². The highest BCUT2D eigenvalue weighted by molar-refractivity contribution is 5.39. The van der Waals surface area contributed by atoms with Gasteiger partial charge in [0.1, 0.15) is 18.2 Å². The van der Waals surface area contributed by atoms with Gasteiger partial charge in [-0.3, -0.25) is 4.98 Å². The van der Waals surface area contributed by atoms with Gasteiger partial charge in [-0.2, -0.15) is 0 Å². The molecule has 0 saturated heterocycles. The zero-order valence-electron chi connectivity index (χ0n) is 10.8. The number of halogens is 1. The zero-order chi connectivity index (χ0) is 14.2. The predicted molar refractivity (Wildman–Crippen MR) is 73.5 cm³/mol. The Balaban J connectivity index is 2.01. The van der Waals surface area contributed by atoms with Crippen molar-refractivity contribution >= 4 is 0 Å². The smallest absolute Gasteiger partial charge is 0.142 e. The number of rotatable bonds is 4. The van der Waals surface area contributed by atoms with Crippen molar-refractivity contribution < 1.29 is 14.2 Å². The SMILES string of the molecule is OCCC#Cc1ccc(OCc2cccnc2)cc1F. The van der Waals surface area contributed by atoms with E-state index in [1.165, 1.54) is 6.07 Å². The van der Waals surface area contributed by atoms with Crippen molar-refractivity contribution in [3.8, 4) is 17.6 Å². The first kappa shape index (κ1) is 14.0. The average molecular weight is 271 g/mol. The van der Waals surface area contributed by atoms with Crippen molar-refractivity contribution in [1.29, 1.82) is 0 Å². The van der Waals surface area contributed by atoms with Gasteiger partial charge in [0.25, 0.3) is 0 Å². The fourth-order valence-electron chi connectivity index (χ4n) is 1.55. The van der Waals surface area contributed by atoms with Crippen LogP contribution >= 0.6 is 0 Å². The molecule has 0 aliphatic carbocycles. The van der Waals surface area contributed by atoms with Crippen LogP contribution in [0.2, 0.25) is 0 Å². The lowest BCUT2D eigenvalue weighted by atomic mass is 10.2. The molecule has 102 valence electrons. The molecule has 3 nitrogen and oxygen atoms in total. The molecule has 1 N–H and O–H groups in total. The van der Waals surface area contributed by atoms with E-state index >= 15 is 0 Å². The summed E-state index contributed by atoms with van der Waals surface area (Å²) < 4.78 is 19.2. The van der Waals surface area contributed by atoms with E-state index in [9.17, 15) is 4.39 Å². The molecule has 1 aromatic carbocycles. The van der Waals surface area contributed by atoms with E-state index in [1.54, 1.807) is 24.5 Å². The van der Waals surface area contributed by atoms with Gasteiger partial charge >= 0.3 is 0 Å². The molecule has 2 aromatic rings. The van der Waals surface area contributed by atoms with Crippen LogP contribution in [0, 0.1) is 17.7 Å². The van der Waals surface area contributed by atoms with Crippen LogP contribution in [0.4, 0.5) is 4.39 Å². The van der Waals surface area contributed by atoms with E-state index in [0.29, 0.717) is 24.3 Å². The minimum absolute atomic E-state index is 0.0269. The van der Waals surface area contributed by atoms with Gasteiger partial charge in [0, 0.05) is 30.4 Å². The number of hydrogen-bond donors (Lipinski definition) is 1. The minimum atomic E-state index is -0.431. The molecular weight excluding hydrogens is 257 g/mol. The molecule has 1 heterocycles. The standard InChI is InChI=1S/C16H14FNO2/c17-16-10-15(7-6-14(16)5-1-2-9-19)20-12-13-4-3-8-18-11-13/h3-4,6-8,10-11,19H,2,9,12H2. The highest BCUT2D eigenvalue weighted by atomic mass is 19.1. The number of aliphatic hydroxyl groups is 1. The van der Waals surface area contributed by atoms with Gasteiger partial charge in [0.05, 0.1) is 12.2 Å². The predicted octanol–water partition coefficient (Wildman–Crippen LogP) is 2.53. The Bertz CT molecular complexity index is 617. The topological polar surface area (TPSA) is 42.4 Å². The van der Waals surface area contributed by atoms with Crippen LogP contribution in [0.5, 0.6) is 5.75 Å². The highest BCUT2D eigenvalue weighted by Crippen LogP contribution is 2.17. The van der Waals surface area contributed by atoms with Crippen molar-refractivity contribution in [3.63, 3.8) is 0 Å². The third-order valence-corrected chi connectivity index (χ3v) is 2.53. The monoisotopic (exact) mass is 271 g/mol. The van der Waals surface area contributed by atoms with Crippen LogP contribution in [-0.4, -0.2) is 16.7 Å². The number of ether oxygens (including phenoxy) is 1. The summed E-state index contributed by atoms with van der Waals surface area (Å²) >= 11 is 0. The quantitative estimate of drug-likeness (QED) is 0.869. The molecule has 0 saturated carbocycles. The third kappa shape index (κ3) is 4.08. The number of hydrogen-bond acceptors (Lipinski definition) is 3. The fraction of sp³-hybridized carbons (Fsp3) is 0.188. The number of aliphatic hydroxyl groups excluding tert-OH is 1. The number of nitrogens with zero attached hydrogens (tertiary/aromatic N) is 1. The van der Waals surface area contributed by atoms with Gasteiger partial charge in [0.2, 0.25) is 0 Å². The Kier molecular flexibility index (Phi) is 5.10. The maximum Gasteiger partial charge on any atom is 0.142 e. The first-order valence-corrected chi connectivity index (χ1v) is 6.20. The molecule has 0 aliphatic heterocycles. The van der Waals surface area contributed by atoms with Crippen molar-refractivity contribution in [2.45, 2.75) is 13.0 Å². The summed E-state index contributed by atoms with van der Waals surface area (Å²) in [6.45, 7) is 0.309. The highest BCUT2D eigenvalue weighted by Gasteiger charge is 2.02. The van der Waals surface area contributed by atoms with Crippen LogP contribution in [0.15, 0.2) is 42.7 Å². The summed E-state index contributed by atoms with van der Waals surface area (Å²) in [4.78, 5) is 3.98. The second kappa shape index (κ2) is 7.27. The summed E-state index contributed by atoms with van der Waals surface area (Å²) in [6.07, 6.45) is 3.72. The molecule has 0 fully saturated rings. The van der Waals surface area contributed by atoms with Gasteiger partial charge in [-0.05, 0) is 18.2 Å². The molecule has 0 radical (unpaired) electrons. The Morgan fingerprint density at radius 2 is 2.20 bits per heavy atom. The maximum atomic E-state index is 13.7. The minimum Gasteiger partial charge on any atom is -0.489 e. The zero-order valence-corrected chi connectivity index (χ0v) is 10.8. The molecular formula is C16H14FNO2. The van der Waals surface area contributed by atoms with Crippen LogP contribution in [-0.2, 0) is 6.61 Å². The fourth-order valence-corrected chi connectivity index (χ4v) is 1.55. The second-order valence-corrected chi connectivity index (χ2v) is 4.07. The van der Waals surface area contributed by atoms with Gasteiger partial charge < -0.3 is 9.84 Å². The van der Waals surface area contributed by atoms with Crippen molar-refractivity contribution in [2.75, 3.05) is 6.61 Å². The van der Waals surface area contributed by atoms with E-state index in [-0.39, 0.29) is 6.61 Å². The summed E-state index contributed by atoms with van der Waals surface area (Å²) in [5.74, 6) is 5.36. The number of pyridine rings is 1. The lowest BCUT2D eigenvalue weighted by molar-refractivity contribution is 0.304. The molecule has 0 amide bonds. The summed E-state index contributed by atoms with van der Waals surface area (Å²) in [5.41, 5.74) is 1.21. The first-order valence-electron chi connectivity index (χ1n) is 6.20. The molecule has 0 bridgehead atoms. The van der Waals surface area contributed by atoms with Gasteiger partial charge in [0.15, 0.2) is 0 Å². The lowest BCUT2D eigenvalue weighted by Gasteiger charge is -2.06. The number of benzene rings is 1. The van der Waals surface area contributed by atoms with E-state index in [2.05, 4.69) is 16.8 Å². The molecule has 0 atom stereocenters. The molecule has 4 heteroatoms. The maximum absolute atomic E-state index is 13.7. The van der Waals surface area contributed by atoms with E-state index < -0.39 is 5.82 Å². The Hall–Kier alpha value is -2.38. The summed E-state index contributed by atoms with van der Waals surface area (Å²) in [6, 6.07) is 8.25. The molecule has 0 unspecified atom stereocenters. The third-order valence-electron chi connectivity index (χ3n) is 2.53. The summed E-state index contributed by atoms with van der Waals surface area (Å²) in [7, 11) is 0. The largest absolute Gasteiger partial charge is 0.489 e. The van der Waals surface area contributed by atoms with Gasteiger partial charge in [-0.1, -0.05) is 17.9 Å². The van der Waals surface area contributed by atoms with E-state index in [1.807, 2.05) is 12.1 Å². The van der Waals surface area contributed by atoms with Crippen LogP contribution < -0.4 is 4.74 Å². The van der Waals surface area contributed by atoms with E-state index in [4.69, 9.17) is 9.84 Å².